The Morgan fingerprint density at radius 3 is 2.05 bits per heavy atom. The quantitative estimate of drug-likeness (QED) is 0.719. The van der Waals surface area contributed by atoms with Crippen molar-refractivity contribution in [1.29, 1.82) is 0 Å². The van der Waals surface area contributed by atoms with Crippen molar-refractivity contribution in [3.05, 3.63) is 5.15 Å². The largest absolute Gasteiger partial charge is 0.396 e. The van der Waals surface area contributed by atoms with Gasteiger partial charge < -0.3 is 16.6 Å². The molecule has 0 saturated heterocycles. The molecule has 1 aromatic heterocycles. The zero-order chi connectivity index (χ0) is 15.1. The first-order valence-electron chi connectivity index (χ1n) is 6.63. The second kappa shape index (κ2) is 14.9. The fourth-order valence-corrected chi connectivity index (χ4v) is 1.13. The van der Waals surface area contributed by atoms with E-state index >= 15 is 0 Å². The lowest BCUT2D eigenvalue weighted by molar-refractivity contribution is 0.282. The zero-order valence-electron chi connectivity index (χ0n) is 12.1. The number of aliphatic hydroxyl groups is 1. The predicted molar refractivity (Wildman–Crippen MR) is 80.9 cm³/mol. The molecule has 0 aromatic carbocycles. The number of aromatic nitrogens is 3. The second-order valence-corrected chi connectivity index (χ2v) is 3.84. The average Bonchev–Trinajstić information content (AvgIpc) is 2.43. The van der Waals surface area contributed by atoms with E-state index in [2.05, 4.69) is 22.1 Å². The summed E-state index contributed by atoms with van der Waals surface area (Å²) in [6.07, 6.45) is 6.08. The van der Waals surface area contributed by atoms with Crippen LogP contribution in [0, 0.1) is 0 Å². The lowest BCUT2D eigenvalue weighted by Gasteiger charge is -1.93. The normalized spacial score (nSPS) is 8.89. The molecule has 0 unspecified atom stereocenters. The topological polar surface area (TPSA) is 111 Å². The molecule has 0 amide bonds. The molecule has 0 atom stereocenters. The summed E-state index contributed by atoms with van der Waals surface area (Å²) in [6, 6.07) is 0. The molecule has 112 valence electrons. The van der Waals surface area contributed by atoms with Gasteiger partial charge in [0, 0.05) is 6.61 Å². The number of nitrogens with zero attached hydrogens (tertiary/aromatic N) is 3. The predicted octanol–water partition coefficient (Wildman–Crippen LogP) is 2.66. The monoisotopic (exact) mass is 291 g/mol. The van der Waals surface area contributed by atoms with Crippen LogP contribution < -0.4 is 11.5 Å². The lowest BCUT2D eigenvalue weighted by atomic mass is 10.2. The molecule has 6 nitrogen and oxygen atoms in total. The molecule has 0 radical (unpaired) electrons. The number of unbranched alkanes of at least 4 members (excludes halogenated alkanes) is 4. The van der Waals surface area contributed by atoms with Gasteiger partial charge in [0.2, 0.25) is 5.95 Å². The summed E-state index contributed by atoms with van der Waals surface area (Å²) >= 11 is 5.36. The number of nitrogens with two attached hydrogens (primary N) is 2. The Morgan fingerprint density at radius 2 is 1.63 bits per heavy atom. The van der Waals surface area contributed by atoms with Crippen LogP contribution in [0.1, 0.15) is 52.9 Å². The summed E-state index contributed by atoms with van der Waals surface area (Å²) in [4.78, 5) is 3.52. The minimum atomic E-state index is 0.0249. The van der Waals surface area contributed by atoms with E-state index in [1.54, 1.807) is 0 Å². The van der Waals surface area contributed by atoms with Gasteiger partial charge in [-0.25, -0.2) is 0 Å². The van der Waals surface area contributed by atoms with Crippen LogP contribution in [0.15, 0.2) is 0 Å². The van der Waals surface area contributed by atoms with E-state index in [4.69, 9.17) is 28.2 Å². The van der Waals surface area contributed by atoms with E-state index in [-0.39, 0.29) is 16.9 Å². The van der Waals surface area contributed by atoms with Crippen molar-refractivity contribution in [2.24, 2.45) is 0 Å². The van der Waals surface area contributed by atoms with E-state index in [1.165, 1.54) is 25.7 Å². The SMILES string of the molecule is CC.CCCCCCCO.Nc1nnc(Cl)c(N)n1. The second-order valence-electron chi connectivity index (χ2n) is 3.48. The Bertz CT molecular complexity index is 306. The number of hydrogen-bond acceptors (Lipinski definition) is 6. The summed E-state index contributed by atoms with van der Waals surface area (Å²) in [5, 5.41) is 15.2. The van der Waals surface area contributed by atoms with E-state index < -0.39 is 0 Å². The Kier molecular flexibility index (Phi) is 15.8. The molecular formula is C12H26ClN5O. The van der Waals surface area contributed by atoms with Gasteiger partial charge in [0.05, 0.1) is 0 Å². The summed E-state index contributed by atoms with van der Waals surface area (Å²) < 4.78 is 0. The van der Waals surface area contributed by atoms with Crippen molar-refractivity contribution in [3.8, 4) is 0 Å². The standard InChI is InChI=1S/C7H16O.C3H4ClN5.C2H6/c1-2-3-4-5-6-7-8;4-1-2(5)7-3(6)9-8-1;1-2/h8H,2-7H2,1H3;(H4,5,6,7,9);1-2H3. The van der Waals surface area contributed by atoms with Crippen LogP contribution >= 0.6 is 11.6 Å². The molecule has 0 aliphatic carbocycles. The molecule has 0 fully saturated rings. The van der Waals surface area contributed by atoms with Gasteiger partial charge in [0.1, 0.15) is 0 Å². The van der Waals surface area contributed by atoms with Gasteiger partial charge in [0.15, 0.2) is 11.0 Å². The third-order valence-electron chi connectivity index (χ3n) is 1.95. The Balaban J connectivity index is 0. The van der Waals surface area contributed by atoms with Crippen molar-refractivity contribution >= 4 is 23.4 Å². The summed E-state index contributed by atoms with van der Waals surface area (Å²) in [7, 11) is 0. The Labute approximate surface area is 120 Å². The van der Waals surface area contributed by atoms with Crippen LogP contribution in [-0.2, 0) is 0 Å². The molecule has 19 heavy (non-hydrogen) atoms. The van der Waals surface area contributed by atoms with Crippen LogP contribution in [0.3, 0.4) is 0 Å². The molecule has 1 aromatic rings. The number of rotatable bonds is 5. The van der Waals surface area contributed by atoms with Gasteiger partial charge >= 0.3 is 0 Å². The van der Waals surface area contributed by atoms with Crippen LogP contribution in [0.2, 0.25) is 5.15 Å². The molecule has 0 saturated carbocycles. The summed E-state index contributed by atoms with van der Waals surface area (Å²) in [5.41, 5.74) is 10.3. The highest BCUT2D eigenvalue weighted by molar-refractivity contribution is 6.31. The van der Waals surface area contributed by atoms with Gasteiger partial charge in [-0.3, -0.25) is 0 Å². The molecule has 0 aliphatic heterocycles. The minimum absolute atomic E-state index is 0.0249. The molecule has 0 bridgehead atoms. The molecule has 0 spiro atoms. The highest BCUT2D eigenvalue weighted by atomic mass is 35.5. The fraction of sp³-hybridized carbons (Fsp3) is 0.750. The molecular weight excluding hydrogens is 266 g/mol. The fourth-order valence-electron chi connectivity index (χ4n) is 1.05. The van der Waals surface area contributed by atoms with Gasteiger partial charge in [-0.15, -0.1) is 10.2 Å². The Hall–Kier alpha value is -1.14. The zero-order valence-corrected chi connectivity index (χ0v) is 12.8. The summed E-state index contributed by atoms with van der Waals surface area (Å²) in [5.74, 6) is 0.126. The van der Waals surface area contributed by atoms with Gasteiger partial charge in [-0.05, 0) is 6.42 Å². The van der Waals surface area contributed by atoms with E-state index in [9.17, 15) is 0 Å². The molecule has 1 rings (SSSR count). The highest BCUT2D eigenvalue weighted by Crippen LogP contribution is 2.09. The maximum atomic E-state index is 8.37. The van der Waals surface area contributed by atoms with Crippen molar-refractivity contribution in [3.63, 3.8) is 0 Å². The molecule has 5 N–H and O–H groups in total. The number of anilines is 2. The van der Waals surface area contributed by atoms with Crippen LogP contribution in [0.5, 0.6) is 0 Å². The number of aliphatic hydroxyl groups excluding tert-OH is 1. The molecule has 7 heteroatoms. The van der Waals surface area contributed by atoms with Gasteiger partial charge in [0.25, 0.3) is 0 Å². The van der Waals surface area contributed by atoms with Gasteiger partial charge in [-0.1, -0.05) is 58.1 Å². The Morgan fingerprint density at radius 1 is 1.05 bits per heavy atom. The van der Waals surface area contributed by atoms with Crippen molar-refractivity contribution in [2.45, 2.75) is 52.9 Å². The highest BCUT2D eigenvalue weighted by Gasteiger charge is 1.97. The maximum absolute atomic E-state index is 8.37. The first-order chi connectivity index (χ1) is 9.11. The van der Waals surface area contributed by atoms with Gasteiger partial charge in [-0.2, -0.15) is 4.98 Å². The third kappa shape index (κ3) is 13.1. The van der Waals surface area contributed by atoms with Crippen molar-refractivity contribution in [2.75, 3.05) is 18.1 Å². The molecule has 1 heterocycles. The summed E-state index contributed by atoms with van der Waals surface area (Å²) in [6.45, 7) is 6.56. The minimum Gasteiger partial charge on any atom is -0.396 e. The number of nitrogen functional groups attached to an aromatic ring is 2. The van der Waals surface area contributed by atoms with E-state index in [0.29, 0.717) is 6.61 Å². The third-order valence-corrected chi connectivity index (χ3v) is 2.22. The van der Waals surface area contributed by atoms with E-state index in [1.807, 2.05) is 13.8 Å². The lowest BCUT2D eigenvalue weighted by Crippen LogP contribution is -2.01. The first-order valence-corrected chi connectivity index (χ1v) is 7.01. The van der Waals surface area contributed by atoms with Crippen molar-refractivity contribution < 1.29 is 5.11 Å². The average molecular weight is 292 g/mol. The van der Waals surface area contributed by atoms with Crippen LogP contribution in [0.4, 0.5) is 11.8 Å². The first kappa shape index (κ1) is 20.2. The smallest absolute Gasteiger partial charge is 0.242 e. The van der Waals surface area contributed by atoms with Crippen molar-refractivity contribution in [1.82, 2.24) is 15.2 Å². The number of hydrogen-bond donors (Lipinski definition) is 3. The van der Waals surface area contributed by atoms with Crippen LogP contribution in [0.25, 0.3) is 0 Å². The van der Waals surface area contributed by atoms with E-state index in [0.717, 1.165) is 6.42 Å². The number of halogens is 1. The maximum Gasteiger partial charge on any atom is 0.242 e. The van der Waals surface area contributed by atoms with Crippen LogP contribution in [-0.4, -0.2) is 26.9 Å². The molecule has 0 aliphatic rings.